The summed E-state index contributed by atoms with van der Waals surface area (Å²) in [6.45, 7) is 0.110. The van der Waals surface area contributed by atoms with Crippen molar-refractivity contribution in [1.82, 2.24) is 4.90 Å². The zero-order valence-electron chi connectivity index (χ0n) is 9.58. The summed E-state index contributed by atoms with van der Waals surface area (Å²) in [5.41, 5.74) is -0.807. The highest BCUT2D eigenvalue weighted by Crippen LogP contribution is 2.23. The average molecular weight is 268 g/mol. The smallest absolute Gasteiger partial charge is 0.310 e. The van der Waals surface area contributed by atoms with Gasteiger partial charge >= 0.3 is 11.7 Å². The summed E-state index contributed by atoms with van der Waals surface area (Å²) in [5, 5.41) is 19.2. The van der Waals surface area contributed by atoms with E-state index in [0.29, 0.717) is 0 Å². The summed E-state index contributed by atoms with van der Waals surface area (Å²) >= 11 is 0. The van der Waals surface area contributed by atoms with Crippen LogP contribution in [0.2, 0.25) is 0 Å². The van der Waals surface area contributed by atoms with E-state index in [1.165, 1.54) is 4.90 Å². The van der Waals surface area contributed by atoms with Gasteiger partial charge in [0.2, 0.25) is 5.82 Å². The van der Waals surface area contributed by atoms with Crippen molar-refractivity contribution < 1.29 is 24.0 Å². The molecular formula is C11H9FN2O5. The first kappa shape index (κ1) is 12.9. The third kappa shape index (κ3) is 2.37. The number of carboxylic acid groups (broad SMARTS) is 1. The fourth-order valence-corrected chi connectivity index (χ4v) is 1.77. The molecule has 0 aromatic heterocycles. The predicted octanol–water partition coefficient (Wildman–Crippen LogP) is 0.891. The number of halogens is 1. The lowest BCUT2D eigenvalue weighted by Crippen LogP contribution is -2.53. The summed E-state index contributed by atoms with van der Waals surface area (Å²) in [4.78, 5) is 33.4. The van der Waals surface area contributed by atoms with Crippen LogP contribution in [-0.2, 0) is 4.79 Å². The highest BCUT2D eigenvalue weighted by atomic mass is 19.1. The Labute approximate surface area is 106 Å². The van der Waals surface area contributed by atoms with E-state index >= 15 is 0 Å². The monoisotopic (exact) mass is 268 g/mol. The summed E-state index contributed by atoms with van der Waals surface area (Å²) in [5.74, 6) is -3.16. The Balaban J connectivity index is 2.15. The summed E-state index contributed by atoms with van der Waals surface area (Å²) in [6, 6.07) is 2.84. The molecular weight excluding hydrogens is 259 g/mol. The van der Waals surface area contributed by atoms with Crippen LogP contribution in [0.4, 0.5) is 10.1 Å². The molecule has 0 bridgehead atoms. The van der Waals surface area contributed by atoms with Crippen LogP contribution < -0.4 is 0 Å². The second kappa shape index (κ2) is 4.63. The van der Waals surface area contributed by atoms with Gasteiger partial charge in [0.05, 0.1) is 10.8 Å². The predicted molar refractivity (Wildman–Crippen MR) is 60.1 cm³/mol. The quantitative estimate of drug-likeness (QED) is 0.648. The third-order valence-corrected chi connectivity index (χ3v) is 2.91. The standard InChI is InChI=1S/C11H9FN2O5/c12-8-2-1-6(3-9(8)14(18)19)10(15)13-4-7(5-13)11(16)17/h1-3,7H,4-5H2,(H,16,17). The molecule has 0 saturated carbocycles. The Morgan fingerprint density at radius 1 is 1.42 bits per heavy atom. The van der Waals surface area contributed by atoms with Crippen molar-refractivity contribution in [2.45, 2.75) is 0 Å². The van der Waals surface area contributed by atoms with Crippen LogP contribution in [0.1, 0.15) is 10.4 Å². The van der Waals surface area contributed by atoms with E-state index in [0.717, 1.165) is 18.2 Å². The lowest BCUT2D eigenvalue weighted by molar-refractivity contribution is -0.387. The van der Waals surface area contributed by atoms with Crippen LogP contribution >= 0.6 is 0 Å². The molecule has 0 aliphatic carbocycles. The van der Waals surface area contributed by atoms with Crippen molar-refractivity contribution in [3.63, 3.8) is 0 Å². The van der Waals surface area contributed by atoms with Crippen LogP contribution in [0.15, 0.2) is 18.2 Å². The zero-order chi connectivity index (χ0) is 14.2. The minimum atomic E-state index is -1.02. The van der Waals surface area contributed by atoms with Crippen molar-refractivity contribution in [2.75, 3.05) is 13.1 Å². The van der Waals surface area contributed by atoms with E-state index < -0.39 is 34.2 Å². The number of nitro groups is 1. The van der Waals surface area contributed by atoms with Gasteiger partial charge in [-0.1, -0.05) is 0 Å². The van der Waals surface area contributed by atoms with Gasteiger partial charge in [0.15, 0.2) is 0 Å². The molecule has 1 saturated heterocycles. The highest BCUT2D eigenvalue weighted by Gasteiger charge is 2.36. The fourth-order valence-electron chi connectivity index (χ4n) is 1.77. The molecule has 1 aliphatic heterocycles. The molecule has 2 rings (SSSR count). The first-order valence-corrected chi connectivity index (χ1v) is 5.36. The Bertz CT molecular complexity index is 568. The maximum Gasteiger partial charge on any atom is 0.310 e. The molecule has 1 fully saturated rings. The van der Waals surface area contributed by atoms with E-state index in [4.69, 9.17) is 5.11 Å². The van der Waals surface area contributed by atoms with E-state index in [9.17, 15) is 24.1 Å². The van der Waals surface area contributed by atoms with Gasteiger partial charge < -0.3 is 10.0 Å². The normalized spacial score (nSPS) is 14.9. The molecule has 0 radical (unpaired) electrons. The molecule has 1 aromatic rings. The van der Waals surface area contributed by atoms with Crippen molar-refractivity contribution in [3.05, 3.63) is 39.7 Å². The molecule has 0 atom stereocenters. The number of rotatable bonds is 3. The molecule has 1 amide bonds. The number of nitro benzene ring substituents is 1. The largest absolute Gasteiger partial charge is 0.481 e. The lowest BCUT2D eigenvalue weighted by atomic mass is 9.99. The van der Waals surface area contributed by atoms with E-state index in [1.54, 1.807) is 0 Å². The number of carbonyl (C=O) groups excluding carboxylic acids is 1. The number of amides is 1. The fraction of sp³-hybridized carbons (Fsp3) is 0.273. The molecule has 0 spiro atoms. The first-order chi connectivity index (χ1) is 8.90. The zero-order valence-corrected chi connectivity index (χ0v) is 9.58. The number of likely N-dealkylation sites (tertiary alicyclic amines) is 1. The van der Waals surface area contributed by atoms with E-state index in [-0.39, 0.29) is 18.7 Å². The number of benzene rings is 1. The average Bonchev–Trinajstić information content (AvgIpc) is 2.26. The lowest BCUT2D eigenvalue weighted by Gasteiger charge is -2.36. The van der Waals surface area contributed by atoms with E-state index in [2.05, 4.69) is 0 Å². The molecule has 1 heterocycles. The maximum atomic E-state index is 13.1. The van der Waals surface area contributed by atoms with Crippen LogP contribution in [0.25, 0.3) is 0 Å². The van der Waals surface area contributed by atoms with Gasteiger partial charge in [-0.3, -0.25) is 19.7 Å². The molecule has 7 nitrogen and oxygen atoms in total. The number of carbonyl (C=O) groups is 2. The molecule has 1 N–H and O–H groups in total. The third-order valence-electron chi connectivity index (χ3n) is 2.91. The summed E-state index contributed by atoms with van der Waals surface area (Å²) < 4.78 is 13.1. The van der Waals surface area contributed by atoms with Crippen molar-refractivity contribution in [2.24, 2.45) is 5.92 Å². The Hall–Kier alpha value is -2.51. The molecule has 1 aliphatic rings. The number of carboxylic acids is 1. The minimum absolute atomic E-state index is 0.0306. The van der Waals surface area contributed by atoms with Crippen LogP contribution in [0.5, 0.6) is 0 Å². The van der Waals surface area contributed by atoms with Gasteiger partial charge in [-0.15, -0.1) is 0 Å². The summed E-state index contributed by atoms with van der Waals surface area (Å²) in [7, 11) is 0. The minimum Gasteiger partial charge on any atom is -0.481 e. The van der Waals surface area contributed by atoms with Gasteiger partial charge in [-0.2, -0.15) is 4.39 Å². The number of nitrogens with zero attached hydrogens (tertiary/aromatic N) is 2. The molecule has 1 aromatic carbocycles. The maximum absolute atomic E-state index is 13.1. The highest BCUT2D eigenvalue weighted by molar-refractivity contribution is 5.96. The molecule has 8 heteroatoms. The van der Waals surface area contributed by atoms with Crippen LogP contribution in [-0.4, -0.2) is 39.9 Å². The van der Waals surface area contributed by atoms with Gasteiger partial charge in [0.25, 0.3) is 5.91 Å². The first-order valence-electron chi connectivity index (χ1n) is 5.36. The van der Waals surface area contributed by atoms with Crippen LogP contribution in [0, 0.1) is 21.8 Å². The second-order valence-electron chi connectivity index (χ2n) is 4.17. The SMILES string of the molecule is O=C(O)C1CN(C(=O)c2ccc(F)c([N+](=O)[O-])c2)C1. The Kier molecular flexibility index (Phi) is 3.16. The Morgan fingerprint density at radius 2 is 2.05 bits per heavy atom. The number of hydrogen-bond donors (Lipinski definition) is 1. The van der Waals surface area contributed by atoms with Crippen molar-refractivity contribution in [1.29, 1.82) is 0 Å². The Morgan fingerprint density at radius 3 is 2.58 bits per heavy atom. The van der Waals surface area contributed by atoms with Gasteiger partial charge in [-0.05, 0) is 12.1 Å². The molecule has 100 valence electrons. The van der Waals surface area contributed by atoms with Crippen molar-refractivity contribution in [3.8, 4) is 0 Å². The van der Waals surface area contributed by atoms with Gasteiger partial charge in [-0.25, -0.2) is 0 Å². The van der Waals surface area contributed by atoms with Gasteiger partial charge in [0.1, 0.15) is 0 Å². The van der Waals surface area contributed by atoms with Crippen LogP contribution in [0.3, 0.4) is 0 Å². The topological polar surface area (TPSA) is 101 Å². The molecule has 0 unspecified atom stereocenters. The van der Waals surface area contributed by atoms with Gasteiger partial charge in [0, 0.05) is 24.7 Å². The number of hydrogen-bond acceptors (Lipinski definition) is 4. The van der Waals surface area contributed by atoms with E-state index in [1.807, 2.05) is 0 Å². The summed E-state index contributed by atoms with van der Waals surface area (Å²) in [6.07, 6.45) is 0. The van der Waals surface area contributed by atoms with Crippen molar-refractivity contribution >= 4 is 17.6 Å². The molecule has 19 heavy (non-hydrogen) atoms. The second-order valence-corrected chi connectivity index (χ2v) is 4.17. The number of aliphatic carboxylic acids is 1.